The first-order valence-electron chi connectivity index (χ1n) is 5.84. The number of thiazole rings is 1. The van der Waals surface area contributed by atoms with Gasteiger partial charge in [0, 0.05) is 23.5 Å². The van der Waals surface area contributed by atoms with Gasteiger partial charge in [0.2, 0.25) is 0 Å². The predicted molar refractivity (Wildman–Crippen MR) is 76.3 cm³/mol. The number of hydrogen-bond acceptors (Lipinski definition) is 5. The van der Waals surface area contributed by atoms with Crippen LogP contribution < -0.4 is 10.9 Å². The summed E-state index contributed by atoms with van der Waals surface area (Å²) in [6.07, 6.45) is 6.10. The zero-order valence-corrected chi connectivity index (χ0v) is 11.3. The summed E-state index contributed by atoms with van der Waals surface area (Å²) in [6.45, 7) is 1.88. The standard InChI is InChI=1S/C13H10N4O2S/c1-8-7-17-12(19)10(6-15-13(17)20-8)11(18)16-9-3-2-4-14-5-9/h2-7H,1H3,(H,16,18). The van der Waals surface area contributed by atoms with Gasteiger partial charge in [-0.1, -0.05) is 0 Å². The van der Waals surface area contributed by atoms with Gasteiger partial charge in [0.1, 0.15) is 5.56 Å². The normalized spacial score (nSPS) is 10.7. The lowest BCUT2D eigenvalue weighted by molar-refractivity contribution is 0.102. The number of anilines is 1. The second-order valence-corrected chi connectivity index (χ2v) is 5.38. The highest BCUT2D eigenvalue weighted by molar-refractivity contribution is 7.16. The van der Waals surface area contributed by atoms with Crippen LogP contribution in [0.5, 0.6) is 0 Å². The van der Waals surface area contributed by atoms with Gasteiger partial charge in [-0.2, -0.15) is 0 Å². The summed E-state index contributed by atoms with van der Waals surface area (Å²) in [6, 6.07) is 3.40. The molecule has 0 bridgehead atoms. The van der Waals surface area contributed by atoms with Crippen molar-refractivity contribution < 1.29 is 4.79 Å². The van der Waals surface area contributed by atoms with Crippen LogP contribution in [0.3, 0.4) is 0 Å². The smallest absolute Gasteiger partial charge is 0.271 e. The van der Waals surface area contributed by atoms with Crippen molar-refractivity contribution in [3.05, 3.63) is 57.7 Å². The van der Waals surface area contributed by atoms with Crippen molar-refractivity contribution in [3.63, 3.8) is 0 Å². The molecule has 7 heteroatoms. The summed E-state index contributed by atoms with van der Waals surface area (Å²) in [5.41, 5.74) is 0.161. The monoisotopic (exact) mass is 286 g/mol. The molecule has 100 valence electrons. The van der Waals surface area contributed by atoms with Crippen LogP contribution in [0.2, 0.25) is 0 Å². The molecule has 0 aliphatic carbocycles. The Morgan fingerprint density at radius 1 is 1.40 bits per heavy atom. The molecular formula is C13H10N4O2S. The average molecular weight is 286 g/mol. The maximum Gasteiger partial charge on any atom is 0.271 e. The quantitative estimate of drug-likeness (QED) is 0.778. The highest BCUT2D eigenvalue weighted by Crippen LogP contribution is 2.13. The molecule has 1 N–H and O–H groups in total. The van der Waals surface area contributed by atoms with E-state index < -0.39 is 5.91 Å². The average Bonchev–Trinajstić information content (AvgIpc) is 2.82. The third-order valence-corrected chi connectivity index (χ3v) is 3.60. The first-order chi connectivity index (χ1) is 9.65. The molecule has 0 unspecified atom stereocenters. The topological polar surface area (TPSA) is 76.4 Å². The summed E-state index contributed by atoms with van der Waals surface area (Å²) in [5, 5.41) is 2.62. The lowest BCUT2D eigenvalue weighted by atomic mass is 10.3. The Balaban J connectivity index is 2.00. The van der Waals surface area contributed by atoms with Crippen molar-refractivity contribution in [1.82, 2.24) is 14.4 Å². The number of aryl methyl sites for hydroxylation is 1. The van der Waals surface area contributed by atoms with Gasteiger partial charge in [-0.3, -0.25) is 19.0 Å². The van der Waals surface area contributed by atoms with E-state index in [0.29, 0.717) is 10.6 Å². The Morgan fingerprint density at radius 3 is 3.00 bits per heavy atom. The van der Waals surface area contributed by atoms with Crippen molar-refractivity contribution >= 4 is 27.9 Å². The molecule has 0 aromatic carbocycles. The van der Waals surface area contributed by atoms with Crippen LogP contribution >= 0.6 is 11.3 Å². The Kier molecular flexibility index (Phi) is 3.03. The Hall–Kier alpha value is -2.54. The van der Waals surface area contributed by atoms with Crippen LogP contribution in [0.15, 0.2) is 41.7 Å². The molecule has 3 aromatic heterocycles. The van der Waals surface area contributed by atoms with Gasteiger partial charge >= 0.3 is 0 Å². The van der Waals surface area contributed by atoms with E-state index in [0.717, 1.165) is 4.88 Å². The third-order valence-electron chi connectivity index (χ3n) is 2.69. The lowest BCUT2D eigenvalue weighted by Gasteiger charge is -2.03. The van der Waals surface area contributed by atoms with E-state index in [1.807, 2.05) is 6.92 Å². The second kappa shape index (κ2) is 4.86. The van der Waals surface area contributed by atoms with E-state index in [4.69, 9.17) is 0 Å². The van der Waals surface area contributed by atoms with Gasteiger partial charge in [0.25, 0.3) is 11.5 Å². The number of carbonyl (C=O) groups excluding carboxylic acids is 1. The molecule has 0 fully saturated rings. The van der Waals surface area contributed by atoms with E-state index in [1.54, 1.807) is 24.5 Å². The van der Waals surface area contributed by atoms with Crippen molar-refractivity contribution in [2.45, 2.75) is 6.92 Å². The molecule has 0 saturated carbocycles. The summed E-state index contributed by atoms with van der Waals surface area (Å²) < 4.78 is 1.39. The van der Waals surface area contributed by atoms with Gasteiger partial charge in [-0.05, 0) is 19.1 Å². The molecule has 0 saturated heterocycles. The predicted octanol–water partition coefficient (Wildman–Crippen LogP) is 1.71. The summed E-state index contributed by atoms with van der Waals surface area (Å²) in [7, 11) is 0. The molecule has 0 spiro atoms. The van der Waals surface area contributed by atoms with Crippen molar-refractivity contribution in [2.24, 2.45) is 0 Å². The molecule has 20 heavy (non-hydrogen) atoms. The van der Waals surface area contributed by atoms with E-state index in [1.165, 1.54) is 28.1 Å². The summed E-state index contributed by atoms with van der Waals surface area (Å²) in [5.74, 6) is -0.492. The fourth-order valence-electron chi connectivity index (χ4n) is 1.79. The first kappa shape index (κ1) is 12.5. The molecule has 0 aliphatic heterocycles. The highest BCUT2D eigenvalue weighted by Gasteiger charge is 2.14. The van der Waals surface area contributed by atoms with E-state index in [9.17, 15) is 9.59 Å². The molecule has 0 radical (unpaired) electrons. The first-order valence-corrected chi connectivity index (χ1v) is 6.66. The number of nitrogens with one attached hydrogen (secondary N) is 1. The molecular weight excluding hydrogens is 276 g/mol. The van der Waals surface area contributed by atoms with Gasteiger partial charge in [0.15, 0.2) is 4.96 Å². The minimum Gasteiger partial charge on any atom is -0.320 e. The van der Waals surface area contributed by atoms with E-state index in [2.05, 4.69) is 15.3 Å². The Morgan fingerprint density at radius 2 is 2.25 bits per heavy atom. The van der Waals surface area contributed by atoms with Crippen molar-refractivity contribution in [1.29, 1.82) is 0 Å². The maximum atomic E-state index is 12.2. The molecule has 3 heterocycles. The van der Waals surface area contributed by atoms with Crippen LogP contribution in [-0.2, 0) is 0 Å². The zero-order chi connectivity index (χ0) is 14.1. The zero-order valence-electron chi connectivity index (χ0n) is 10.5. The SMILES string of the molecule is Cc1cn2c(=O)c(C(=O)Nc3cccnc3)cnc2s1. The van der Waals surface area contributed by atoms with Gasteiger partial charge < -0.3 is 5.32 Å². The fraction of sp³-hybridized carbons (Fsp3) is 0.0769. The second-order valence-electron chi connectivity index (χ2n) is 4.17. The number of pyridine rings is 1. The summed E-state index contributed by atoms with van der Waals surface area (Å²) in [4.78, 5) is 33.9. The van der Waals surface area contributed by atoms with Gasteiger partial charge in [0.05, 0.1) is 11.9 Å². The fourth-order valence-corrected chi connectivity index (χ4v) is 2.57. The number of amides is 1. The number of carbonyl (C=O) groups is 1. The summed E-state index contributed by atoms with van der Waals surface area (Å²) >= 11 is 1.40. The van der Waals surface area contributed by atoms with Gasteiger partial charge in [-0.15, -0.1) is 11.3 Å². The highest BCUT2D eigenvalue weighted by atomic mass is 32.1. The molecule has 3 rings (SSSR count). The Labute approximate surface area is 117 Å². The van der Waals surface area contributed by atoms with Crippen molar-refractivity contribution in [2.75, 3.05) is 5.32 Å². The molecule has 6 nitrogen and oxygen atoms in total. The van der Waals surface area contributed by atoms with Crippen LogP contribution in [-0.4, -0.2) is 20.3 Å². The minimum atomic E-state index is -0.492. The van der Waals surface area contributed by atoms with Crippen LogP contribution in [0.4, 0.5) is 5.69 Å². The maximum absolute atomic E-state index is 12.2. The van der Waals surface area contributed by atoms with Crippen LogP contribution in [0, 0.1) is 6.92 Å². The van der Waals surface area contributed by atoms with E-state index >= 15 is 0 Å². The Bertz CT molecular complexity index is 838. The lowest BCUT2D eigenvalue weighted by Crippen LogP contribution is -2.25. The van der Waals surface area contributed by atoms with Crippen LogP contribution in [0.1, 0.15) is 15.2 Å². The third kappa shape index (κ3) is 2.19. The number of hydrogen-bond donors (Lipinski definition) is 1. The number of fused-ring (bicyclic) bond motifs is 1. The molecule has 1 amide bonds. The molecule has 0 atom stereocenters. The van der Waals surface area contributed by atoms with Crippen LogP contribution in [0.25, 0.3) is 4.96 Å². The van der Waals surface area contributed by atoms with Gasteiger partial charge in [-0.25, -0.2) is 4.98 Å². The largest absolute Gasteiger partial charge is 0.320 e. The minimum absolute atomic E-state index is 0.00385. The van der Waals surface area contributed by atoms with E-state index in [-0.39, 0.29) is 11.1 Å². The number of rotatable bonds is 2. The molecule has 0 aliphatic rings. The number of nitrogens with zero attached hydrogens (tertiary/aromatic N) is 3. The molecule has 3 aromatic rings. The number of aromatic nitrogens is 3. The van der Waals surface area contributed by atoms with Crippen molar-refractivity contribution in [3.8, 4) is 0 Å².